The molecule has 2 fully saturated rings. The number of fused-ring (bicyclic) bond motifs is 1. The molecule has 1 spiro atoms. The van der Waals surface area contributed by atoms with Crippen molar-refractivity contribution in [3.05, 3.63) is 54.9 Å². The molecule has 1 N–H and O–H groups in total. The highest BCUT2D eigenvalue weighted by molar-refractivity contribution is 6.02. The van der Waals surface area contributed by atoms with Crippen molar-refractivity contribution in [3.63, 3.8) is 0 Å². The average molecular weight is 391 g/mol. The van der Waals surface area contributed by atoms with Gasteiger partial charge in [0.25, 0.3) is 5.91 Å². The predicted molar refractivity (Wildman–Crippen MR) is 106 cm³/mol. The van der Waals surface area contributed by atoms with Crippen LogP contribution in [0.4, 0.5) is 5.95 Å². The zero-order chi connectivity index (χ0) is 20.0. The highest BCUT2D eigenvalue weighted by Gasteiger charge is 2.50. The molecule has 0 radical (unpaired) electrons. The number of benzene rings is 1. The Morgan fingerprint density at radius 1 is 1.28 bits per heavy atom. The molecule has 1 aromatic carbocycles. The highest BCUT2D eigenvalue weighted by atomic mass is 16.5. The van der Waals surface area contributed by atoms with Crippen molar-refractivity contribution in [3.8, 4) is 0 Å². The number of para-hydroxylation sites is 2. The summed E-state index contributed by atoms with van der Waals surface area (Å²) in [5.41, 5.74) is 1.95. The van der Waals surface area contributed by atoms with Gasteiger partial charge in [-0.05, 0) is 42.9 Å². The van der Waals surface area contributed by atoms with Gasteiger partial charge in [-0.3, -0.25) is 14.9 Å². The molecule has 5 rings (SSSR count). The molecular weight excluding hydrogens is 370 g/mol. The van der Waals surface area contributed by atoms with Crippen LogP contribution in [0.3, 0.4) is 0 Å². The molecule has 8 heteroatoms. The standard InChI is InChI=1S/C21H21N5O3/c1-2-18(27)25-10-8-21(13-25)11-14(12-21)26-16-6-4-3-5-15(16)23-20(26)24-19(28)17-7-9-22-29-17/h2-7,9,14H,1,8,10-13H2,(H,23,24,28)/t14-,21-. The van der Waals surface area contributed by atoms with Crippen LogP contribution in [0.15, 0.2) is 53.7 Å². The Bertz CT molecular complexity index is 1090. The van der Waals surface area contributed by atoms with Crippen molar-refractivity contribution >= 4 is 28.8 Å². The van der Waals surface area contributed by atoms with E-state index in [0.29, 0.717) is 5.95 Å². The number of nitrogens with one attached hydrogen (secondary N) is 1. The van der Waals surface area contributed by atoms with Gasteiger partial charge in [0.05, 0.1) is 17.2 Å². The minimum absolute atomic E-state index is 0.00147. The molecule has 3 aromatic rings. The van der Waals surface area contributed by atoms with Gasteiger partial charge >= 0.3 is 0 Å². The summed E-state index contributed by atoms with van der Waals surface area (Å²) in [6.07, 6.45) is 5.70. The molecule has 148 valence electrons. The number of rotatable bonds is 4. The molecule has 2 amide bonds. The second kappa shape index (κ2) is 6.58. The monoisotopic (exact) mass is 391 g/mol. The first kappa shape index (κ1) is 17.7. The Balaban J connectivity index is 1.41. The van der Waals surface area contributed by atoms with E-state index in [1.54, 1.807) is 0 Å². The molecule has 2 aliphatic rings. The number of anilines is 1. The zero-order valence-corrected chi connectivity index (χ0v) is 15.9. The maximum Gasteiger partial charge on any atom is 0.296 e. The first-order chi connectivity index (χ1) is 14.1. The zero-order valence-electron chi connectivity index (χ0n) is 15.9. The highest BCUT2D eigenvalue weighted by Crippen LogP contribution is 2.55. The van der Waals surface area contributed by atoms with E-state index >= 15 is 0 Å². The van der Waals surface area contributed by atoms with Gasteiger partial charge in [-0.25, -0.2) is 4.98 Å². The quantitative estimate of drug-likeness (QED) is 0.690. The lowest BCUT2D eigenvalue weighted by atomic mass is 9.65. The lowest BCUT2D eigenvalue weighted by Crippen LogP contribution is -2.42. The first-order valence-electron chi connectivity index (χ1n) is 9.69. The van der Waals surface area contributed by atoms with E-state index in [-0.39, 0.29) is 29.0 Å². The molecule has 2 aromatic heterocycles. The predicted octanol–water partition coefficient (Wildman–Crippen LogP) is 3.02. The van der Waals surface area contributed by atoms with Crippen LogP contribution in [0.25, 0.3) is 11.0 Å². The number of likely N-dealkylation sites (tertiary alicyclic amines) is 1. The lowest BCUT2D eigenvalue weighted by molar-refractivity contribution is -0.125. The molecule has 0 unspecified atom stereocenters. The molecule has 1 saturated heterocycles. The SMILES string of the molecule is C=CC(=O)N1CC[C@]2(C1)C[C@H](n1c(NC(=O)c3ccno3)nc3ccccc31)C2. The molecule has 1 saturated carbocycles. The van der Waals surface area contributed by atoms with Crippen molar-refractivity contribution in [1.82, 2.24) is 19.6 Å². The number of carbonyl (C=O) groups excluding carboxylic acids is 2. The lowest BCUT2D eigenvalue weighted by Gasteiger charge is -2.46. The number of nitrogens with zero attached hydrogens (tertiary/aromatic N) is 4. The molecule has 8 nitrogen and oxygen atoms in total. The Morgan fingerprint density at radius 3 is 2.86 bits per heavy atom. The van der Waals surface area contributed by atoms with Crippen LogP contribution in [0, 0.1) is 5.41 Å². The van der Waals surface area contributed by atoms with Crippen LogP contribution < -0.4 is 5.32 Å². The molecule has 0 atom stereocenters. The van der Waals surface area contributed by atoms with Gasteiger partial charge in [-0.1, -0.05) is 23.9 Å². The fraction of sp³-hybridized carbons (Fsp3) is 0.333. The van der Waals surface area contributed by atoms with E-state index < -0.39 is 0 Å². The van der Waals surface area contributed by atoms with Crippen LogP contribution >= 0.6 is 0 Å². The van der Waals surface area contributed by atoms with E-state index in [1.807, 2.05) is 29.2 Å². The van der Waals surface area contributed by atoms with Gasteiger partial charge in [-0.15, -0.1) is 0 Å². The summed E-state index contributed by atoms with van der Waals surface area (Å²) in [6.45, 7) is 5.13. The van der Waals surface area contributed by atoms with Crippen LogP contribution in [0.5, 0.6) is 0 Å². The maximum absolute atomic E-state index is 12.5. The number of hydrogen-bond donors (Lipinski definition) is 1. The molecule has 1 aliphatic heterocycles. The Kier molecular flexibility index (Phi) is 4.01. The van der Waals surface area contributed by atoms with E-state index in [4.69, 9.17) is 4.52 Å². The number of imidazole rings is 1. The van der Waals surface area contributed by atoms with Crippen LogP contribution in [-0.4, -0.2) is 44.5 Å². The van der Waals surface area contributed by atoms with E-state index in [9.17, 15) is 9.59 Å². The van der Waals surface area contributed by atoms with Crippen molar-refractivity contribution in [2.24, 2.45) is 5.41 Å². The number of hydrogen-bond acceptors (Lipinski definition) is 5. The van der Waals surface area contributed by atoms with E-state index in [0.717, 1.165) is 43.4 Å². The van der Waals surface area contributed by atoms with Crippen molar-refractivity contribution in [2.45, 2.75) is 25.3 Å². The summed E-state index contributed by atoms with van der Waals surface area (Å²) in [6, 6.07) is 9.58. The minimum Gasteiger partial charge on any atom is -0.351 e. The molecule has 3 heterocycles. The summed E-state index contributed by atoms with van der Waals surface area (Å²) < 4.78 is 7.06. The summed E-state index contributed by atoms with van der Waals surface area (Å²) in [5.74, 6) is 0.266. The first-order valence-corrected chi connectivity index (χ1v) is 9.69. The second-order valence-electron chi connectivity index (χ2n) is 7.90. The van der Waals surface area contributed by atoms with Gasteiger partial charge in [0.15, 0.2) is 0 Å². The van der Waals surface area contributed by atoms with Crippen LogP contribution in [-0.2, 0) is 4.79 Å². The largest absolute Gasteiger partial charge is 0.351 e. The smallest absolute Gasteiger partial charge is 0.296 e. The summed E-state index contributed by atoms with van der Waals surface area (Å²) in [4.78, 5) is 30.9. The minimum atomic E-state index is -0.378. The van der Waals surface area contributed by atoms with Gasteiger partial charge in [0, 0.05) is 25.2 Å². The number of carbonyl (C=O) groups is 2. The normalized spacial score (nSPS) is 23.3. The van der Waals surface area contributed by atoms with Crippen LogP contribution in [0.2, 0.25) is 0 Å². The third-order valence-corrected chi connectivity index (χ3v) is 6.11. The van der Waals surface area contributed by atoms with E-state index in [2.05, 4.69) is 26.6 Å². The van der Waals surface area contributed by atoms with Gasteiger partial charge in [0.2, 0.25) is 17.6 Å². The molecule has 0 bridgehead atoms. The fourth-order valence-corrected chi connectivity index (χ4v) is 4.71. The average Bonchev–Trinajstić information content (AvgIpc) is 3.43. The number of aromatic nitrogens is 3. The van der Waals surface area contributed by atoms with E-state index in [1.165, 1.54) is 18.3 Å². The molecular formula is C21H21N5O3. The topological polar surface area (TPSA) is 93.3 Å². The third kappa shape index (κ3) is 2.91. The second-order valence-corrected chi connectivity index (χ2v) is 7.90. The Morgan fingerprint density at radius 2 is 2.10 bits per heavy atom. The van der Waals surface area contributed by atoms with Crippen molar-refractivity contribution in [1.29, 1.82) is 0 Å². The van der Waals surface area contributed by atoms with Gasteiger partial charge in [0.1, 0.15) is 0 Å². The Labute approximate surface area is 167 Å². The van der Waals surface area contributed by atoms with Crippen molar-refractivity contribution in [2.75, 3.05) is 18.4 Å². The Hall–Kier alpha value is -3.42. The summed E-state index contributed by atoms with van der Waals surface area (Å²) in [5, 5.41) is 6.45. The molecule has 1 aliphatic carbocycles. The number of amides is 2. The fourth-order valence-electron chi connectivity index (χ4n) is 4.71. The van der Waals surface area contributed by atoms with Gasteiger partial charge < -0.3 is 14.0 Å². The summed E-state index contributed by atoms with van der Waals surface area (Å²) >= 11 is 0. The van der Waals surface area contributed by atoms with Crippen LogP contribution in [0.1, 0.15) is 35.9 Å². The maximum atomic E-state index is 12.5. The third-order valence-electron chi connectivity index (χ3n) is 6.11. The van der Waals surface area contributed by atoms with Crippen molar-refractivity contribution < 1.29 is 14.1 Å². The summed E-state index contributed by atoms with van der Waals surface area (Å²) in [7, 11) is 0. The molecule has 29 heavy (non-hydrogen) atoms. The van der Waals surface area contributed by atoms with Gasteiger partial charge in [-0.2, -0.15) is 0 Å².